The quantitative estimate of drug-likeness (QED) is 0.895. The van der Waals surface area contributed by atoms with Crippen LogP contribution in [0, 0.1) is 13.8 Å². The molecule has 0 spiro atoms. The maximum Gasteiger partial charge on any atom is 0.223 e. The molecule has 0 aliphatic carbocycles. The van der Waals surface area contributed by atoms with Crippen molar-refractivity contribution in [1.82, 2.24) is 15.0 Å². The Morgan fingerprint density at radius 1 is 1.22 bits per heavy atom. The second-order valence-electron chi connectivity index (χ2n) is 4.34. The first-order valence-electron chi connectivity index (χ1n) is 6.21. The van der Waals surface area contributed by atoms with E-state index in [1.165, 1.54) is 0 Å². The van der Waals surface area contributed by atoms with Gasteiger partial charge in [-0.25, -0.2) is 9.97 Å². The van der Waals surface area contributed by atoms with Gasteiger partial charge in [-0.05, 0) is 38.0 Å². The average molecular weight is 242 g/mol. The van der Waals surface area contributed by atoms with Crippen LogP contribution in [-0.2, 0) is 0 Å². The Hall–Kier alpha value is -1.97. The zero-order valence-electron chi connectivity index (χ0n) is 11.1. The summed E-state index contributed by atoms with van der Waals surface area (Å²) >= 11 is 0. The molecule has 0 bridgehead atoms. The Morgan fingerprint density at radius 3 is 2.78 bits per heavy atom. The average Bonchev–Trinajstić information content (AvgIpc) is 2.36. The molecule has 0 unspecified atom stereocenters. The molecule has 4 nitrogen and oxygen atoms in total. The molecule has 0 atom stereocenters. The van der Waals surface area contributed by atoms with Crippen molar-refractivity contribution in [3.8, 4) is 11.3 Å². The molecule has 0 saturated carbocycles. The van der Waals surface area contributed by atoms with Gasteiger partial charge in [0, 0.05) is 30.2 Å². The standard InChI is InChI=1S/C14H18N4/c1-4-6-16-14-17-11(3)8-13(18-14)12-5-7-15-9-10(12)2/h5,7-9H,4,6H2,1-3H3,(H,16,17,18). The number of hydrogen-bond acceptors (Lipinski definition) is 4. The monoisotopic (exact) mass is 242 g/mol. The van der Waals surface area contributed by atoms with Crippen LogP contribution in [0.25, 0.3) is 11.3 Å². The smallest absolute Gasteiger partial charge is 0.223 e. The van der Waals surface area contributed by atoms with Gasteiger partial charge in [0.05, 0.1) is 5.69 Å². The van der Waals surface area contributed by atoms with Crippen molar-refractivity contribution in [3.05, 3.63) is 35.8 Å². The molecule has 4 heteroatoms. The van der Waals surface area contributed by atoms with E-state index in [2.05, 4.69) is 27.2 Å². The summed E-state index contributed by atoms with van der Waals surface area (Å²) in [6.07, 6.45) is 4.70. The fourth-order valence-corrected chi connectivity index (χ4v) is 1.78. The highest BCUT2D eigenvalue weighted by Gasteiger charge is 2.06. The van der Waals surface area contributed by atoms with Crippen molar-refractivity contribution < 1.29 is 0 Å². The highest BCUT2D eigenvalue weighted by atomic mass is 15.1. The molecule has 0 aliphatic heterocycles. The van der Waals surface area contributed by atoms with Crippen LogP contribution in [-0.4, -0.2) is 21.5 Å². The molecule has 18 heavy (non-hydrogen) atoms. The fraction of sp³-hybridized carbons (Fsp3) is 0.357. The van der Waals surface area contributed by atoms with Crippen molar-refractivity contribution in [1.29, 1.82) is 0 Å². The van der Waals surface area contributed by atoms with E-state index in [0.29, 0.717) is 5.95 Å². The maximum absolute atomic E-state index is 4.55. The Kier molecular flexibility index (Phi) is 3.87. The molecule has 0 aromatic carbocycles. The van der Waals surface area contributed by atoms with Crippen LogP contribution >= 0.6 is 0 Å². The predicted octanol–water partition coefficient (Wildman–Crippen LogP) is 2.98. The zero-order valence-corrected chi connectivity index (χ0v) is 11.1. The van der Waals surface area contributed by atoms with E-state index >= 15 is 0 Å². The van der Waals surface area contributed by atoms with E-state index in [0.717, 1.165) is 35.5 Å². The minimum atomic E-state index is 0.697. The lowest BCUT2D eigenvalue weighted by Crippen LogP contribution is -2.06. The van der Waals surface area contributed by atoms with Gasteiger partial charge in [0.25, 0.3) is 0 Å². The van der Waals surface area contributed by atoms with Gasteiger partial charge in [0.15, 0.2) is 0 Å². The molecule has 2 heterocycles. The summed E-state index contributed by atoms with van der Waals surface area (Å²) in [6.45, 7) is 7.03. The van der Waals surface area contributed by atoms with Gasteiger partial charge in [-0.15, -0.1) is 0 Å². The summed E-state index contributed by atoms with van der Waals surface area (Å²) in [5.74, 6) is 0.697. The second kappa shape index (κ2) is 5.58. The first-order valence-corrected chi connectivity index (χ1v) is 6.21. The predicted molar refractivity (Wildman–Crippen MR) is 73.5 cm³/mol. The molecular weight excluding hydrogens is 224 g/mol. The van der Waals surface area contributed by atoms with Gasteiger partial charge in [-0.2, -0.15) is 0 Å². The minimum Gasteiger partial charge on any atom is -0.354 e. The number of hydrogen-bond donors (Lipinski definition) is 1. The summed E-state index contributed by atoms with van der Waals surface area (Å²) in [5.41, 5.74) is 4.14. The van der Waals surface area contributed by atoms with Crippen molar-refractivity contribution in [3.63, 3.8) is 0 Å². The van der Waals surface area contributed by atoms with Crippen LogP contribution < -0.4 is 5.32 Å². The summed E-state index contributed by atoms with van der Waals surface area (Å²) in [6, 6.07) is 3.99. The summed E-state index contributed by atoms with van der Waals surface area (Å²) in [7, 11) is 0. The normalized spacial score (nSPS) is 10.4. The minimum absolute atomic E-state index is 0.697. The highest BCUT2D eigenvalue weighted by molar-refractivity contribution is 5.63. The molecule has 2 aromatic heterocycles. The maximum atomic E-state index is 4.55. The van der Waals surface area contributed by atoms with E-state index in [9.17, 15) is 0 Å². The first-order chi connectivity index (χ1) is 8.70. The van der Waals surface area contributed by atoms with Crippen molar-refractivity contribution in [2.24, 2.45) is 0 Å². The molecule has 0 aliphatic rings. The topological polar surface area (TPSA) is 50.7 Å². The lowest BCUT2D eigenvalue weighted by molar-refractivity contribution is 0.947. The number of pyridine rings is 1. The third-order valence-corrected chi connectivity index (χ3v) is 2.68. The molecule has 0 fully saturated rings. The number of aryl methyl sites for hydroxylation is 2. The van der Waals surface area contributed by atoms with E-state index < -0.39 is 0 Å². The summed E-state index contributed by atoms with van der Waals surface area (Å²) in [5, 5.41) is 3.23. The molecular formula is C14H18N4. The van der Waals surface area contributed by atoms with Crippen LogP contribution in [0.2, 0.25) is 0 Å². The second-order valence-corrected chi connectivity index (χ2v) is 4.34. The zero-order chi connectivity index (χ0) is 13.0. The number of rotatable bonds is 4. The van der Waals surface area contributed by atoms with E-state index in [1.807, 2.05) is 32.2 Å². The van der Waals surface area contributed by atoms with Gasteiger partial charge in [-0.1, -0.05) is 6.92 Å². The molecule has 2 aromatic rings. The van der Waals surface area contributed by atoms with Crippen molar-refractivity contribution >= 4 is 5.95 Å². The Morgan fingerprint density at radius 2 is 2.06 bits per heavy atom. The number of anilines is 1. The number of nitrogens with one attached hydrogen (secondary N) is 1. The molecule has 0 saturated heterocycles. The van der Waals surface area contributed by atoms with Crippen molar-refractivity contribution in [2.75, 3.05) is 11.9 Å². The third-order valence-electron chi connectivity index (χ3n) is 2.68. The van der Waals surface area contributed by atoms with Crippen LogP contribution in [0.5, 0.6) is 0 Å². The van der Waals surface area contributed by atoms with Crippen LogP contribution in [0.15, 0.2) is 24.5 Å². The Bertz CT molecular complexity index is 537. The van der Waals surface area contributed by atoms with Crippen molar-refractivity contribution in [2.45, 2.75) is 27.2 Å². The SMILES string of the molecule is CCCNc1nc(C)cc(-c2ccncc2C)n1. The Balaban J connectivity index is 2.39. The van der Waals surface area contributed by atoms with Crippen LogP contribution in [0.3, 0.4) is 0 Å². The molecule has 2 rings (SSSR count). The van der Waals surface area contributed by atoms with E-state index in [-0.39, 0.29) is 0 Å². The third kappa shape index (κ3) is 2.83. The number of aromatic nitrogens is 3. The first kappa shape index (κ1) is 12.5. The largest absolute Gasteiger partial charge is 0.354 e. The van der Waals surface area contributed by atoms with Gasteiger partial charge in [0.2, 0.25) is 5.95 Å². The molecule has 1 N–H and O–H groups in total. The number of nitrogens with zero attached hydrogens (tertiary/aromatic N) is 3. The van der Waals surface area contributed by atoms with Gasteiger partial charge in [-0.3, -0.25) is 4.98 Å². The Labute approximate surface area is 108 Å². The molecule has 94 valence electrons. The highest BCUT2D eigenvalue weighted by Crippen LogP contribution is 2.21. The lowest BCUT2D eigenvalue weighted by Gasteiger charge is -2.09. The fourth-order valence-electron chi connectivity index (χ4n) is 1.78. The molecule has 0 amide bonds. The van der Waals surface area contributed by atoms with Gasteiger partial charge < -0.3 is 5.32 Å². The van der Waals surface area contributed by atoms with Gasteiger partial charge in [0.1, 0.15) is 0 Å². The van der Waals surface area contributed by atoms with Gasteiger partial charge >= 0.3 is 0 Å². The van der Waals surface area contributed by atoms with Crippen LogP contribution in [0.1, 0.15) is 24.6 Å². The van der Waals surface area contributed by atoms with E-state index in [1.54, 1.807) is 6.20 Å². The van der Waals surface area contributed by atoms with E-state index in [4.69, 9.17) is 0 Å². The lowest BCUT2D eigenvalue weighted by atomic mass is 10.1. The van der Waals surface area contributed by atoms with Crippen LogP contribution in [0.4, 0.5) is 5.95 Å². The summed E-state index contributed by atoms with van der Waals surface area (Å²) < 4.78 is 0. The summed E-state index contributed by atoms with van der Waals surface area (Å²) in [4.78, 5) is 13.0. The molecule has 0 radical (unpaired) electrons.